The molecule has 18 heavy (non-hydrogen) atoms. The van der Waals surface area contributed by atoms with Crippen LogP contribution in [-0.4, -0.2) is 79.0 Å². The number of hydrogen-bond acceptors (Lipinski definition) is 6. The van der Waals surface area contributed by atoms with Gasteiger partial charge in [0.1, 0.15) is 0 Å². The smallest absolute Gasteiger partial charge is 0.0701 e. The van der Waals surface area contributed by atoms with E-state index in [1.54, 1.807) is 0 Å². The molecule has 1 fully saturated rings. The molecule has 0 aromatic rings. The Morgan fingerprint density at radius 3 is 0.944 bits per heavy atom. The number of rotatable bonds is 0. The summed E-state index contributed by atoms with van der Waals surface area (Å²) >= 11 is 0. The van der Waals surface area contributed by atoms with E-state index >= 15 is 0 Å². The first-order chi connectivity index (χ1) is 9.00. The Balaban J connectivity index is 2.00. The standard InChI is InChI=1S/C12H26N2O4/c1-5-15-9-10-17-7-3-14-4-8-18-12-11-16-6-2-13-1/h13-14H,1-12H2. The fourth-order valence-corrected chi connectivity index (χ4v) is 1.47. The van der Waals surface area contributed by atoms with Gasteiger partial charge in [-0.05, 0) is 0 Å². The molecule has 0 aromatic carbocycles. The van der Waals surface area contributed by atoms with Crippen molar-refractivity contribution in [3.05, 3.63) is 0 Å². The molecule has 0 aliphatic carbocycles. The third kappa shape index (κ3) is 10.9. The van der Waals surface area contributed by atoms with Crippen LogP contribution in [0.5, 0.6) is 0 Å². The van der Waals surface area contributed by atoms with Crippen LogP contribution < -0.4 is 10.6 Å². The fraction of sp³-hybridized carbons (Fsp3) is 1.00. The van der Waals surface area contributed by atoms with Gasteiger partial charge in [-0.2, -0.15) is 0 Å². The second kappa shape index (κ2) is 13.2. The minimum absolute atomic E-state index is 0.654. The Hall–Kier alpha value is -0.240. The first kappa shape index (κ1) is 15.8. The minimum atomic E-state index is 0.654. The molecule has 1 rings (SSSR count). The molecular weight excluding hydrogens is 236 g/mol. The van der Waals surface area contributed by atoms with Gasteiger partial charge in [0.25, 0.3) is 0 Å². The molecule has 0 aromatic heterocycles. The predicted octanol–water partition coefficient (Wildman–Crippen LogP) is -0.754. The lowest BCUT2D eigenvalue weighted by Gasteiger charge is -2.10. The monoisotopic (exact) mass is 262 g/mol. The maximum Gasteiger partial charge on any atom is 0.0701 e. The van der Waals surface area contributed by atoms with Crippen LogP contribution >= 0.6 is 0 Å². The van der Waals surface area contributed by atoms with Crippen molar-refractivity contribution in [2.75, 3.05) is 79.0 Å². The van der Waals surface area contributed by atoms with Gasteiger partial charge in [-0.15, -0.1) is 0 Å². The Bertz CT molecular complexity index is 97.1. The molecule has 6 heteroatoms. The van der Waals surface area contributed by atoms with Crippen molar-refractivity contribution in [1.82, 2.24) is 10.6 Å². The van der Waals surface area contributed by atoms with Gasteiger partial charge in [-0.3, -0.25) is 0 Å². The number of ether oxygens (including phenoxy) is 4. The molecule has 1 aliphatic rings. The largest absolute Gasteiger partial charge is 0.378 e. The van der Waals surface area contributed by atoms with Gasteiger partial charge in [-0.1, -0.05) is 0 Å². The van der Waals surface area contributed by atoms with Crippen molar-refractivity contribution >= 4 is 0 Å². The van der Waals surface area contributed by atoms with E-state index in [0.29, 0.717) is 52.9 Å². The van der Waals surface area contributed by atoms with Crippen LogP contribution in [0.4, 0.5) is 0 Å². The minimum Gasteiger partial charge on any atom is -0.378 e. The molecule has 1 aliphatic heterocycles. The zero-order chi connectivity index (χ0) is 12.7. The van der Waals surface area contributed by atoms with Crippen LogP contribution in [0.2, 0.25) is 0 Å². The van der Waals surface area contributed by atoms with Crippen molar-refractivity contribution in [1.29, 1.82) is 0 Å². The average molecular weight is 262 g/mol. The van der Waals surface area contributed by atoms with Gasteiger partial charge in [0, 0.05) is 26.2 Å². The van der Waals surface area contributed by atoms with Crippen molar-refractivity contribution in [3.63, 3.8) is 0 Å². The Labute approximate surface area is 109 Å². The maximum atomic E-state index is 5.41. The molecule has 0 unspecified atom stereocenters. The predicted molar refractivity (Wildman–Crippen MR) is 69.0 cm³/mol. The molecule has 0 spiro atoms. The Morgan fingerprint density at radius 1 is 0.389 bits per heavy atom. The quantitative estimate of drug-likeness (QED) is 0.599. The van der Waals surface area contributed by atoms with Crippen LogP contribution in [0.3, 0.4) is 0 Å². The Kier molecular flexibility index (Phi) is 11.6. The van der Waals surface area contributed by atoms with Crippen molar-refractivity contribution < 1.29 is 18.9 Å². The highest BCUT2D eigenvalue weighted by molar-refractivity contribution is 4.47. The van der Waals surface area contributed by atoms with E-state index in [4.69, 9.17) is 18.9 Å². The molecule has 0 radical (unpaired) electrons. The number of hydrogen-bond donors (Lipinski definition) is 2. The molecular formula is C12H26N2O4. The molecule has 0 bridgehead atoms. The van der Waals surface area contributed by atoms with Crippen molar-refractivity contribution in [2.45, 2.75) is 0 Å². The van der Waals surface area contributed by atoms with E-state index in [1.807, 2.05) is 0 Å². The topological polar surface area (TPSA) is 61.0 Å². The van der Waals surface area contributed by atoms with Gasteiger partial charge >= 0.3 is 0 Å². The molecule has 6 nitrogen and oxygen atoms in total. The molecule has 108 valence electrons. The summed E-state index contributed by atoms with van der Waals surface area (Å²) in [6, 6.07) is 0. The van der Waals surface area contributed by atoms with E-state index in [9.17, 15) is 0 Å². The summed E-state index contributed by atoms with van der Waals surface area (Å²) < 4.78 is 21.6. The molecule has 0 amide bonds. The van der Waals surface area contributed by atoms with Crippen LogP contribution in [0.1, 0.15) is 0 Å². The van der Waals surface area contributed by atoms with Crippen LogP contribution in [0, 0.1) is 0 Å². The van der Waals surface area contributed by atoms with E-state index < -0.39 is 0 Å². The van der Waals surface area contributed by atoms with Crippen molar-refractivity contribution in [3.8, 4) is 0 Å². The average Bonchev–Trinajstić information content (AvgIpc) is 2.39. The summed E-state index contributed by atoms with van der Waals surface area (Å²) in [4.78, 5) is 0. The van der Waals surface area contributed by atoms with Crippen LogP contribution in [0.25, 0.3) is 0 Å². The third-order valence-corrected chi connectivity index (χ3v) is 2.44. The first-order valence-corrected chi connectivity index (χ1v) is 6.72. The second-order valence-electron chi connectivity index (χ2n) is 3.95. The summed E-state index contributed by atoms with van der Waals surface area (Å²) in [5.41, 5.74) is 0. The SMILES string of the molecule is C1COCCOCCNCCOCCOCCN1. The van der Waals surface area contributed by atoms with Crippen molar-refractivity contribution in [2.24, 2.45) is 0 Å². The maximum absolute atomic E-state index is 5.41. The van der Waals surface area contributed by atoms with E-state index in [1.165, 1.54) is 0 Å². The van der Waals surface area contributed by atoms with E-state index in [0.717, 1.165) is 26.2 Å². The van der Waals surface area contributed by atoms with Gasteiger partial charge in [0.2, 0.25) is 0 Å². The van der Waals surface area contributed by atoms with Gasteiger partial charge in [0.15, 0.2) is 0 Å². The lowest BCUT2D eigenvalue weighted by atomic mass is 10.6. The summed E-state index contributed by atoms with van der Waals surface area (Å²) in [6.45, 7) is 8.86. The summed E-state index contributed by atoms with van der Waals surface area (Å²) in [7, 11) is 0. The van der Waals surface area contributed by atoms with Crippen LogP contribution in [-0.2, 0) is 18.9 Å². The molecule has 1 heterocycles. The third-order valence-electron chi connectivity index (χ3n) is 2.44. The Morgan fingerprint density at radius 2 is 0.667 bits per heavy atom. The van der Waals surface area contributed by atoms with Gasteiger partial charge in [0.05, 0.1) is 52.9 Å². The lowest BCUT2D eigenvalue weighted by molar-refractivity contribution is 0.0383. The molecule has 2 N–H and O–H groups in total. The molecule has 0 atom stereocenters. The zero-order valence-corrected chi connectivity index (χ0v) is 11.1. The summed E-state index contributed by atoms with van der Waals surface area (Å²) in [5.74, 6) is 0. The highest BCUT2D eigenvalue weighted by atomic mass is 16.5. The van der Waals surface area contributed by atoms with E-state index in [-0.39, 0.29) is 0 Å². The summed E-state index contributed by atoms with van der Waals surface area (Å²) in [6.07, 6.45) is 0. The lowest BCUT2D eigenvalue weighted by Crippen LogP contribution is -2.27. The fourth-order valence-electron chi connectivity index (χ4n) is 1.47. The zero-order valence-electron chi connectivity index (χ0n) is 11.1. The highest BCUT2D eigenvalue weighted by Crippen LogP contribution is 1.81. The highest BCUT2D eigenvalue weighted by Gasteiger charge is 1.94. The first-order valence-electron chi connectivity index (χ1n) is 6.72. The van der Waals surface area contributed by atoms with E-state index in [2.05, 4.69) is 10.6 Å². The van der Waals surface area contributed by atoms with Crippen LogP contribution in [0.15, 0.2) is 0 Å². The second-order valence-corrected chi connectivity index (χ2v) is 3.95. The molecule has 0 saturated carbocycles. The van der Waals surface area contributed by atoms with Gasteiger partial charge < -0.3 is 29.6 Å². The van der Waals surface area contributed by atoms with Gasteiger partial charge in [-0.25, -0.2) is 0 Å². The molecule has 1 saturated heterocycles. The summed E-state index contributed by atoms with van der Waals surface area (Å²) in [5, 5.41) is 6.50. The normalized spacial score (nSPS) is 24.0. The number of nitrogens with one attached hydrogen (secondary N) is 2.